The van der Waals surface area contributed by atoms with Gasteiger partial charge < -0.3 is 10.2 Å². The summed E-state index contributed by atoms with van der Waals surface area (Å²) in [7, 11) is 0. The van der Waals surface area contributed by atoms with Crippen LogP contribution in [0.25, 0.3) is 0 Å². The van der Waals surface area contributed by atoms with Crippen molar-refractivity contribution in [2.75, 3.05) is 18.4 Å². The number of nitrogens with one attached hydrogen (secondary N) is 1. The van der Waals surface area contributed by atoms with Gasteiger partial charge in [-0.1, -0.05) is 39.0 Å². The smallest absolute Gasteiger partial charge is 0.240 e. The van der Waals surface area contributed by atoms with Crippen molar-refractivity contribution in [2.24, 2.45) is 11.3 Å². The van der Waals surface area contributed by atoms with E-state index in [4.69, 9.17) is 0 Å². The Morgan fingerprint density at radius 3 is 2.60 bits per heavy atom. The molecular formula is C21H30N2O2. The van der Waals surface area contributed by atoms with Crippen LogP contribution in [0.2, 0.25) is 0 Å². The van der Waals surface area contributed by atoms with E-state index in [1.165, 1.54) is 6.42 Å². The molecule has 2 fully saturated rings. The van der Waals surface area contributed by atoms with Gasteiger partial charge in [0, 0.05) is 18.8 Å². The summed E-state index contributed by atoms with van der Waals surface area (Å²) < 4.78 is 0. The van der Waals surface area contributed by atoms with Gasteiger partial charge in [-0.15, -0.1) is 0 Å². The van der Waals surface area contributed by atoms with Crippen molar-refractivity contribution < 1.29 is 9.59 Å². The average molecular weight is 342 g/mol. The molecular weight excluding hydrogens is 312 g/mol. The Balaban J connectivity index is 1.78. The molecule has 0 aromatic heterocycles. The lowest BCUT2D eigenvalue weighted by atomic mass is 9.95. The first-order valence-electron chi connectivity index (χ1n) is 9.55. The maximum Gasteiger partial charge on any atom is 0.240 e. The molecule has 4 nitrogen and oxygen atoms in total. The molecule has 0 bridgehead atoms. The van der Waals surface area contributed by atoms with E-state index in [2.05, 4.69) is 32.2 Å². The molecule has 0 radical (unpaired) electrons. The molecule has 1 heterocycles. The minimum absolute atomic E-state index is 0.0382. The van der Waals surface area contributed by atoms with Crippen molar-refractivity contribution in [3.05, 3.63) is 29.3 Å². The van der Waals surface area contributed by atoms with Crippen LogP contribution in [-0.2, 0) is 9.59 Å². The Morgan fingerprint density at radius 1 is 1.28 bits per heavy atom. The van der Waals surface area contributed by atoms with Gasteiger partial charge in [0.2, 0.25) is 11.8 Å². The fourth-order valence-electron chi connectivity index (χ4n) is 3.92. The molecule has 136 valence electrons. The molecule has 1 N–H and O–H groups in total. The van der Waals surface area contributed by atoms with Crippen LogP contribution < -0.4 is 5.32 Å². The lowest BCUT2D eigenvalue weighted by Gasteiger charge is -2.33. The molecule has 4 heteroatoms. The minimum Gasteiger partial charge on any atom is -0.342 e. The van der Waals surface area contributed by atoms with Crippen molar-refractivity contribution in [1.29, 1.82) is 0 Å². The molecule has 3 rings (SSSR count). The Kier molecular flexibility index (Phi) is 4.90. The summed E-state index contributed by atoms with van der Waals surface area (Å²) in [5.41, 5.74) is 2.24. The van der Waals surface area contributed by atoms with Crippen LogP contribution in [0.3, 0.4) is 0 Å². The summed E-state index contributed by atoms with van der Waals surface area (Å²) in [6.07, 6.45) is 3.56. The lowest BCUT2D eigenvalue weighted by Crippen LogP contribution is -2.47. The number of amides is 2. The van der Waals surface area contributed by atoms with Crippen LogP contribution in [-0.4, -0.2) is 29.8 Å². The quantitative estimate of drug-likeness (QED) is 0.838. The highest BCUT2D eigenvalue weighted by Gasteiger charge is 2.58. The number of piperidine rings is 1. The zero-order valence-electron chi connectivity index (χ0n) is 15.9. The molecule has 1 atom stereocenters. The average Bonchev–Trinajstić information content (AvgIpc) is 3.37. The van der Waals surface area contributed by atoms with Gasteiger partial charge in [-0.05, 0) is 55.6 Å². The predicted octanol–water partition coefficient (Wildman–Crippen LogP) is 4.10. The second-order valence-corrected chi connectivity index (χ2v) is 8.23. The van der Waals surface area contributed by atoms with Gasteiger partial charge in [0.25, 0.3) is 0 Å². The van der Waals surface area contributed by atoms with E-state index in [1.807, 2.05) is 24.0 Å². The minimum atomic E-state index is -0.826. The van der Waals surface area contributed by atoms with Crippen LogP contribution in [0.4, 0.5) is 5.69 Å². The third-order valence-electron chi connectivity index (χ3n) is 5.70. The van der Waals surface area contributed by atoms with Crippen LogP contribution in [0.15, 0.2) is 18.2 Å². The first-order chi connectivity index (χ1) is 11.8. The number of carbonyl (C=O) groups excluding carboxylic acids is 2. The van der Waals surface area contributed by atoms with Gasteiger partial charge in [-0.3, -0.25) is 9.59 Å². The Labute approximate surface area is 151 Å². The van der Waals surface area contributed by atoms with E-state index in [-0.39, 0.29) is 11.8 Å². The molecule has 1 unspecified atom stereocenters. The highest BCUT2D eigenvalue weighted by Crippen LogP contribution is 2.49. The molecule has 1 saturated heterocycles. The molecule has 2 amide bonds. The number of hydrogen-bond donors (Lipinski definition) is 1. The zero-order valence-corrected chi connectivity index (χ0v) is 15.9. The van der Waals surface area contributed by atoms with Crippen LogP contribution in [0.5, 0.6) is 0 Å². The van der Waals surface area contributed by atoms with E-state index >= 15 is 0 Å². The van der Waals surface area contributed by atoms with Crippen molar-refractivity contribution in [2.45, 2.75) is 59.3 Å². The summed E-state index contributed by atoms with van der Waals surface area (Å²) in [6.45, 7) is 10.0. The lowest BCUT2D eigenvalue weighted by molar-refractivity contribution is -0.143. The summed E-state index contributed by atoms with van der Waals surface area (Å²) in [6, 6.07) is 6.09. The summed E-state index contributed by atoms with van der Waals surface area (Å²) >= 11 is 0. The van der Waals surface area contributed by atoms with Crippen LogP contribution in [0.1, 0.15) is 63.5 Å². The number of rotatable bonds is 4. The number of benzene rings is 1. The molecule has 1 aliphatic heterocycles. The monoisotopic (exact) mass is 342 g/mol. The topological polar surface area (TPSA) is 49.4 Å². The van der Waals surface area contributed by atoms with Crippen LogP contribution >= 0.6 is 0 Å². The Morgan fingerprint density at radius 2 is 2.00 bits per heavy atom. The second-order valence-electron chi connectivity index (χ2n) is 8.23. The Hall–Kier alpha value is -1.84. The number of aryl methyl sites for hydroxylation is 1. The SMILES string of the molecule is Cc1cccc(C(C)C)c1NC(=O)C1(C(=O)N2CCCC(C)C2)CC1. The third-order valence-corrected chi connectivity index (χ3v) is 5.70. The number of carbonyl (C=O) groups is 2. The number of anilines is 1. The van der Waals surface area contributed by atoms with Crippen molar-refractivity contribution >= 4 is 17.5 Å². The highest BCUT2D eigenvalue weighted by atomic mass is 16.2. The van der Waals surface area contributed by atoms with Gasteiger partial charge in [0.1, 0.15) is 5.41 Å². The highest BCUT2D eigenvalue weighted by molar-refractivity contribution is 6.13. The van der Waals surface area contributed by atoms with Gasteiger partial charge in [-0.2, -0.15) is 0 Å². The molecule has 1 saturated carbocycles. The van der Waals surface area contributed by atoms with Gasteiger partial charge in [0.15, 0.2) is 0 Å². The molecule has 1 aromatic rings. The normalized spacial score (nSPS) is 22.0. The number of nitrogens with zero attached hydrogens (tertiary/aromatic N) is 1. The van der Waals surface area contributed by atoms with Gasteiger partial charge >= 0.3 is 0 Å². The van der Waals surface area contributed by atoms with E-state index < -0.39 is 5.41 Å². The third kappa shape index (κ3) is 3.44. The van der Waals surface area contributed by atoms with Crippen molar-refractivity contribution in [1.82, 2.24) is 4.90 Å². The molecule has 25 heavy (non-hydrogen) atoms. The molecule has 2 aliphatic rings. The summed E-state index contributed by atoms with van der Waals surface area (Å²) in [5.74, 6) is 0.771. The van der Waals surface area contributed by atoms with Crippen molar-refractivity contribution in [3.63, 3.8) is 0 Å². The maximum atomic E-state index is 13.0. The summed E-state index contributed by atoms with van der Waals surface area (Å²) in [5, 5.41) is 3.11. The van der Waals surface area contributed by atoms with Gasteiger partial charge in [-0.25, -0.2) is 0 Å². The standard InChI is InChI=1S/C21H30N2O2/c1-14(2)17-9-5-8-16(4)18(17)22-19(24)21(10-11-21)20(25)23-12-6-7-15(3)13-23/h5,8-9,14-15H,6-7,10-13H2,1-4H3,(H,22,24). The number of likely N-dealkylation sites (tertiary alicyclic amines) is 1. The predicted molar refractivity (Wildman–Crippen MR) is 101 cm³/mol. The van der Waals surface area contributed by atoms with E-state index in [0.29, 0.717) is 24.7 Å². The molecule has 1 aromatic carbocycles. The fourth-order valence-corrected chi connectivity index (χ4v) is 3.92. The maximum absolute atomic E-state index is 13.0. The second kappa shape index (κ2) is 6.81. The molecule has 1 aliphatic carbocycles. The van der Waals surface area contributed by atoms with E-state index in [0.717, 1.165) is 36.3 Å². The summed E-state index contributed by atoms with van der Waals surface area (Å²) in [4.78, 5) is 28.0. The molecule has 0 spiro atoms. The van der Waals surface area contributed by atoms with Crippen molar-refractivity contribution in [3.8, 4) is 0 Å². The Bertz CT molecular complexity index is 676. The zero-order chi connectivity index (χ0) is 18.2. The van der Waals surface area contributed by atoms with E-state index in [9.17, 15) is 9.59 Å². The largest absolute Gasteiger partial charge is 0.342 e. The van der Waals surface area contributed by atoms with E-state index in [1.54, 1.807) is 0 Å². The number of hydrogen-bond acceptors (Lipinski definition) is 2. The first-order valence-corrected chi connectivity index (χ1v) is 9.55. The number of para-hydroxylation sites is 1. The first kappa shape index (κ1) is 18.0. The van der Waals surface area contributed by atoms with Crippen LogP contribution in [0, 0.1) is 18.3 Å². The van der Waals surface area contributed by atoms with Gasteiger partial charge in [0.05, 0.1) is 0 Å². The fraction of sp³-hybridized carbons (Fsp3) is 0.619.